The fourth-order valence-corrected chi connectivity index (χ4v) is 2.54. The molecule has 84 valence electrons. The van der Waals surface area contributed by atoms with Crippen molar-refractivity contribution in [2.24, 2.45) is 0 Å². The third-order valence-electron chi connectivity index (χ3n) is 2.40. The maximum Gasteiger partial charge on any atom is 0.0702 e. The zero-order valence-electron chi connectivity index (χ0n) is 9.04. The van der Waals surface area contributed by atoms with Crippen LogP contribution in [0.4, 0.5) is 0 Å². The highest BCUT2D eigenvalue weighted by Gasteiger charge is 2.18. The average Bonchev–Trinajstić information content (AvgIpc) is 2.56. The van der Waals surface area contributed by atoms with Crippen LogP contribution in [0.25, 0.3) is 0 Å². The lowest BCUT2D eigenvalue weighted by molar-refractivity contribution is 0.0789. The van der Waals surface area contributed by atoms with E-state index in [2.05, 4.69) is 27.9 Å². The van der Waals surface area contributed by atoms with Crippen LogP contribution in [0, 0.1) is 0 Å². The number of rotatable bonds is 6. The van der Waals surface area contributed by atoms with Gasteiger partial charge in [-0.15, -0.1) is 0 Å². The smallest absolute Gasteiger partial charge is 0.0702 e. The molecule has 2 atom stereocenters. The summed E-state index contributed by atoms with van der Waals surface area (Å²) in [4.78, 5) is 2.72. The lowest BCUT2D eigenvalue weighted by Crippen LogP contribution is -2.34. The van der Waals surface area contributed by atoms with Gasteiger partial charge in [0.25, 0.3) is 0 Å². The predicted molar refractivity (Wildman–Crippen MR) is 61.1 cm³/mol. The number of hydrogen-bond donors (Lipinski definition) is 0. The van der Waals surface area contributed by atoms with E-state index in [4.69, 9.17) is 9.47 Å². The van der Waals surface area contributed by atoms with Gasteiger partial charge in [0.15, 0.2) is 0 Å². The van der Waals surface area contributed by atoms with Crippen LogP contribution in [-0.4, -0.2) is 56.3 Å². The molecule has 1 aliphatic rings. The molecular weight excluding hydrogens is 246 g/mol. The van der Waals surface area contributed by atoms with Gasteiger partial charge in [0.2, 0.25) is 0 Å². The molecule has 0 spiro atoms. The van der Waals surface area contributed by atoms with E-state index < -0.39 is 0 Å². The monoisotopic (exact) mass is 265 g/mol. The normalized spacial score (nSPS) is 24.4. The molecule has 1 rings (SSSR count). The van der Waals surface area contributed by atoms with E-state index in [1.807, 2.05) is 0 Å². The molecule has 0 aromatic rings. The van der Waals surface area contributed by atoms with Crippen LogP contribution in [0.2, 0.25) is 0 Å². The largest absolute Gasteiger partial charge is 0.383 e. The van der Waals surface area contributed by atoms with Crippen molar-refractivity contribution in [2.75, 3.05) is 40.5 Å². The Morgan fingerprint density at radius 2 is 2.43 bits per heavy atom. The first-order valence-electron chi connectivity index (χ1n) is 5.15. The molecule has 2 unspecified atom stereocenters. The van der Waals surface area contributed by atoms with Crippen molar-refractivity contribution in [3.8, 4) is 0 Å². The molecule has 4 heteroatoms. The molecule has 0 aromatic heterocycles. The molecule has 0 amide bonds. The van der Waals surface area contributed by atoms with Crippen molar-refractivity contribution < 1.29 is 9.47 Å². The molecule has 0 N–H and O–H groups in total. The SMILES string of the molecule is COCC(Br)CN(C)CC1CCCO1. The molecular formula is C10H20BrNO2. The van der Waals surface area contributed by atoms with Crippen LogP contribution < -0.4 is 0 Å². The van der Waals surface area contributed by atoms with Crippen molar-refractivity contribution in [2.45, 2.75) is 23.8 Å². The molecule has 1 heterocycles. The van der Waals surface area contributed by atoms with Crippen molar-refractivity contribution >= 4 is 15.9 Å². The van der Waals surface area contributed by atoms with Crippen molar-refractivity contribution in [3.05, 3.63) is 0 Å². The van der Waals surface area contributed by atoms with Crippen molar-refractivity contribution in [3.63, 3.8) is 0 Å². The lowest BCUT2D eigenvalue weighted by atomic mass is 10.2. The quantitative estimate of drug-likeness (QED) is 0.680. The average molecular weight is 266 g/mol. The van der Waals surface area contributed by atoms with E-state index >= 15 is 0 Å². The number of likely N-dealkylation sites (N-methyl/N-ethyl adjacent to an activating group) is 1. The molecule has 1 saturated heterocycles. The Balaban J connectivity index is 2.10. The van der Waals surface area contributed by atoms with Gasteiger partial charge in [-0.05, 0) is 19.9 Å². The van der Waals surface area contributed by atoms with E-state index in [1.54, 1.807) is 7.11 Å². The van der Waals surface area contributed by atoms with Gasteiger partial charge in [0, 0.05) is 26.8 Å². The maximum absolute atomic E-state index is 5.58. The Labute approximate surface area is 94.9 Å². The Kier molecular flexibility index (Phi) is 6.01. The Morgan fingerprint density at radius 3 is 3.00 bits per heavy atom. The number of ether oxygens (including phenoxy) is 2. The third kappa shape index (κ3) is 4.73. The minimum Gasteiger partial charge on any atom is -0.383 e. The second-order valence-electron chi connectivity index (χ2n) is 3.91. The van der Waals surface area contributed by atoms with Crippen LogP contribution >= 0.6 is 15.9 Å². The lowest BCUT2D eigenvalue weighted by Gasteiger charge is -2.22. The van der Waals surface area contributed by atoms with E-state index in [1.165, 1.54) is 12.8 Å². The fourth-order valence-electron chi connectivity index (χ4n) is 1.78. The highest BCUT2D eigenvalue weighted by Crippen LogP contribution is 2.13. The summed E-state index contributed by atoms with van der Waals surface area (Å²) in [6.07, 6.45) is 2.87. The topological polar surface area (TPSA) is 21.7 Å². The number of halogens is 1. The minimum absolute atomic E-state index is 0.416. The van der Waals surface area contributed by atoms with Crippen LogP contribution in [0.5, 0.6) is 0 Å². The highest BCUT2D eigenvalue weighted by molar-refractivity contribution is 9.09. The summed E-state index contributed by atoms with van der Waals surface area (Å²) in [5, 5.41) is 0. The first-order valence-corrected chi connectivity index (χ1v) is 6.07. The standard InChI is InChI=1S/C10H20BrNO2/c1-12(6-9(11)8-13-2)7-10-4-3-5-14-10/h9-10H,3-8H2,1-2H3. The Morgan fingerprint density at radius 1 is 1.64 bits per heavy atom. The molecule has 0 bridgehead atoms. The van der Waals surface area contributed by atoms with Gasteiger partial charge >= 0.3 is 0 Å². The van der Waals surface area contributed by atoms with Gasteiger partial charge in [-0.25, -0.2) is 0 Å². The summed E-state index contributed by atoms with van der Waals surface area (Å²) >= 11 is 3.58. The van der Waals surface area contributed by atoms with Crippen LogP contribution in [0.15, 0.2) is 0 Å². The zero-order valence-corrected chi connectivity index (χ0v) is 10.6. The molecule has 0 aromatic carbocycles. The van der Waals surface area contributed by atoms with Crippen molar-refractivity contribution in [1.29, 1.82) is 0 Å². The first kappa shape index (κ1) is 12.4. The molecule has 14 heavy (non-hydrogen) atoms. The molecule has 3 nitrogen and oxygen atoms in total. The van der Waals surface area contributed by atoms with Gasteiger partial charge in [-0.1, -0.05) is 15.9 Å². The molecule has 1 fully saturated rings. The summed E-state index contributed by atoms with van der Waals surface area (Å²) in [6.45, 7) is 3.74. The van der Waals surface area contributed by atoms with Crippen molar-refractivity contribution in [1.82, 2.24) is 4.90 Å². The third-order valence-corrected chi connectivity index (χ3v) is 2.95. The van der Waals surface area contributed by atoms with Crippen LogP contribution in [0.1, 0.15) is 12.8 Å². The molecule has 0 aliphatic carbocycles. The van der Waals surface area contributed by atoms with Gasteiger partial charge in [-0.3, -0.25) is 0 Å². The van der Waals surface area contributed by atoms with E-state index in [0.717, 1.165) is 26.3 Å². The van der Waals surface area contributed by atoms with E-state index in [-0.39, 0.29) is 0 Å². The molecule has 1 aliphatic heterocycles. The predicted octanol–water partition coefficient (Wildman–Crippen LogP) is 1.51. The highest BCUT2D eigenvalue weighted by atomic mass is 79.9. The second kappa shape index (κ2) is 6.77. The Bertz CT molecular complexity index is 151. The second-order valence-corrected chi connectivity index (χ2v) is 5.20. The van der Waals surface area contributed by atoms with Gasteiger partial charge in [0.1, 0.15) is 0 Å². The minimum atomic E-state index is 0.416. The maximum atomic E-state index is 5.58. The zero-order chi connectivity index (χ0) is 10.4. The summed E-state index contributed by atoms with van der Waals surface area (Å²) in [7, 11) is 3.86. The van der Waals surface area contributed by atoms with E-state index in [0.29, 0.717) is 10.9 Å². The fraction of sp³-hybridized carbons (Fsp3) is 1.00. The molecule has 0 radical (unpaired) electrons. The summed E-state index contributed by atoms with van der Waals surface area (Å²) < 4.78 is 10.6. The number of hydrogen-bond acceptors (Lipinski definition) is 3. The summed E-state index contributed by atoms with van der Waals surface area (Å²) in [6, 6.07) is 0. The van der Waals surface area contributed by atoms with Crippen LogP contribution in [0.3, 0.4) is 0 Å². The Hall–Kier alpha value is 0.360. The summed E-state index contributed by atoms with van der Waals surface area (Å²) in [5.41, 5.74) is 0. The van der Waals surface area contributed by atoms with Gasteiger partial charge < -0.3 is 14.4 Å². The van der Waals surface area contributed by atoms with Gasteiger partial charge in [-0.2, -0.15) is 0 Å². The summed E-state index contributed by atoms with van der Waals surface area (Å²) in [5.74, 6) is 0. The van der Waals surface area contributed by atoms with Gasteiger partial charge in [0.05, 0.1) is 17.5 Å². The number of alkyl halides is 1. The first-order chi connectivity index (χ1) is 6.72. The number of methoxy groups -OCH3 is 1. The van der Waals surface area contributed by atoms with E-state index in [9.17, 15) is 0 Å². The van der Waals surface area contributed by atoms with Crippen LogP contribution in [-0.2, 0) is 9.47 Å². The number of nitrogens with zero attached hydrogens (tertiary/aromatic N) is 1. The molecule has 0 saturated carbocycles.